The van der Waals surface area contributed by atoms with Gasteiger partial charge in [-0.3, -0.25) is 4.79 Å². The largest absolute Gasteiger partial charge is 0.356 e. The molecule has 1 N–H and O–H groups in total. The maximum Gasteiger partial charge on any atom is 0.220 e. The number of ketones is 1. The first-order valence-electron chi connectivity index (χ1n) is 5.34. The zero-order valence-electron chi connectivity index (χ0n) is 9.06. The third kappa shape index (κ3) is 3.48. The molecule has 14 heavy (non-hydrogen) atoms. The Kier molecular flexibility index (Phi) is 3.67. The van der Waals surface area contributed by atoms with Crippen LogP contribution in [-0.4, -0.2) is 18.2 Å². The molecule has 0 aliphatic heterocycles. The summed E-state index contributed by atoms with van der Waals surface area (Å²) in [5, 5.41) is 2.90. The number of rotatable bonds is 6. The first kappa shape index (κ1) is 11.2. The van der Waals surface area contributed by atoms with Crippen molar-refractivity contribution in [3.8, 4) is 0 Å². The molecule has 0 radical (unpaired) electrons. The number of carbonyl (C=O) groups is 2. The molecule has 1 aliphatic rings. The summed E-state index contributed by atoms with van der Waals surface area (Å²) < 4.78 is 0. The Bertz CT molecular complexity index is 231. The van der Waals surface area contributed by atoms with Gasteiger partial charge in [0.25, 0.3) is 0 Å². The molecule has 3 nitrogen and oxygen atoms in total. The fourth-order valence-electron chi connectivity index (χ4n) is 1.50. The molecule has 0 heterocycles. The van der Waals surface area contributed by atoms with Gasteiger partial charge in [-0.1, -0.05) is 6.92 Å². The summed E-state index contributed by atoms with van der Waals surface area (Å²) >= 11 is 0. The highest BCUT2D eigenvalue weighted by atomic mass is 16.2. The zero-order valence-corrected chi connectivity index (χ0v) is 9.06. The molecule has 0 unspecified atom stereocenters. The molecule has 1 rings (SSSR count). The van der Waals surface area contributed by atoms with E-state index < -0.39 is 0 Å². The van der Waals surface area contributed by atoms with E-state index >= 15 is 0 Å². The summed E-state index contributed by atoms with van der Waals surface area (Å²) in [7, 11) is 0. The van der Waals surface area contributed by atoms with Crippen LogP contribution in [0.15, 0.2) is 0 Å². The van der Waals surface area contributed by atoms with Crippen LogP contribution < -0.4 is 5.32 Å². The molecule has 1 aliphatic carbocycles. The molecular formula is C11H19NO2. The van der Waals surface area contributed by atoms with Crippen molar-refractivity contribution in [3.63, 3.8) is 0 Å². The van der Waals surface area contributed by atoms with Gasteiger partial charge in [0.1, 0.15) is 5.78 Å². The summed E-state index contributed by atoms with van der Waals surface area (Å²) in [5.74, 6) is 0.0942. The molecule has 1 amide bonds. The van der Waals surface area contributed by atoms with E-state index in [0.29, 0.717) is 18.3 Å². The first-order chi connectivity index (χ1) is 6.58. The standard InChI is InChI=1S/C11H19NO2/c1-3-11(6-7-11)8-12-10(14)5-4-9(2)13/h3-8H2,1-2H3,(H,12,14). The molecule has 0 aromatic carbocycles. The predicted molar refractivity (Wildman–Crippen MR) is 54.9 cm³/mol. The van der Waals surface area contributed by atoms with Crippen molar-refractivity contribution < 1.29 is 9.59 Å². The molecule has 0 aromatic heterocycles. The van der Waals surface area contributed by atoms with Crippen molar-refractivity contribution in [2.45, 2.75) is 46.0 Å². The topological polar surface area (TPSA) is 46.2 Å². The predicted octanol–water partition coefficient (Wildman–Crippen LogP) is 1.66. The van der Waals surface area contributed by atoms with E-state index in [1.54, 1.807) is 0 Å². The number of nitrogens with one attached hydrogen (secondary N) is 1. The van der Waals surface area contributed by atoms with Crippen LogP contribution in [0.1, 0.15) is 46.0 Å². The second-order valence-corrected chi connectivity index (χ2v) is 4.33. The van der Waals surface area contributed by atoms with Gasteiger partial charge in [0.15, 0.2) is 0 Å². The maximum absolute atomic E-state index is 11.3. The lowest BCUT2D eigenvalue weighted by molar-refractivity contribution is -0.124. The Balaban J connectivity index is 2.12. The highest BCUT2D eigenvalue weighted by Gasteiger charge is 2.40. The summed E-state index contributed by atoms with van der Waals surface area (Å²) in [6.07, 6.45) is 4.31. The Morgan fingerprint density at radius 2 is 1.93 bits per heavy atom. The monoisotopic (exact) mass is 197 g/mol. The van der Waals surface area contributed by atoms with Crippen LogP contribution in [-0.2, 0) is 9.59 Å². The fourth-order valence-corrected chi connectivity index (χ4v) is 1.50. The lowest BCUT2D eigenvalue weighted by Gasteiger charge is -2.12. The summed E-state index contributed by atoms with van der Waals surface area (Å²) in [5.41, 5.74) is 0.395. The number of carbonyl (C=O) groups excluding carboxylic acids is 2. The van der Waals surface area contributed by atoms with E-state index in [0.717, 1.165) is 13.0 Å². The third-order valence-electron chi connectivity index (χ3n) is 3.07. The SMILES string of the molecule is CCC1(CNC(=O)CCC(C)=O)CC1. The second kappa shape index (κ2) is 4.58. The van der Waals surface area contributed by atoms with Crippen LogP contribution in [0.5, 0.6) is 0 Å². The van der Waals surface area contributed by atoms with Crippen LogP contribution in [0.2, 0.25) is 0 Å². The quantitative estimate of drug-likeness (QED) is 0.704. The van der Waals surface area contributed by atoms with E-state index in [1.165, 1.54) is 19.8 Å². The Morgan fingerprint density at radius 1 is 1.29 bits per heavy atom. The van der Waals surface area contributed by atoms with E-state index in [4.69, 9.17) is 0 Å². The first-order valence-corrected chi connectivity index (χ1v) is 5.34. The number of amides is 1. The third-order valence-corrected chi connectivity index (χ3v) is 3.07. The molecule has 80 valence electrons. The molecule has 0 aromatic rings. The smallest absolute Gasteiger partial charge is 0.220 e. The molecule has 0 bridgehead atoms. The van der Waals surface area contributed by atoms with Gasteiger partial charge in [0, 0.05) is 19.4 Å². The zero-order chi connectivity index (χ0) is 10.6. The molecule has 1 fully saturated rings. The van der Waals surface area contributed by atoms with Gasteiger partial charge in [0.05, 0.1) is 0 Å². The Labute approximate surface area is 85.3 Å². The summed E-state index contributed by atoms with van der Waals surface area (Å²) in [6, 6.07) is 0. The van der Waals surface area contributed by atoms with Gasteiger partial charge in [-0.15, -0.1) is 0 Å². The maximum atomic E-state index is 11.3. The lowest BCUT2D eigenvalue weighted by Crippen LogP contribution is -2.30. The molecule has 0 atom stereocenters. The van der Waals surface area contributed by atoms with Crippen LogP contribution in [0, 0.1) is 5.41 Å². The minimum atomic E-state index is 0.0138. The van der Waals surface area contributed by atoms with Crippen molar-refractivity contribution in [2.75, 3.05) is 6.54 Å². The minimum absolute atomic E-state index is 0.0138. The van der Waals surface area contributed by atoms with Gasteiger partial charge in [0.2, 0.25) is 5.91 Å². The van der Waals surface area contributed by atoms with Crippen molar-refractivity contribution in [3.05, 3.63) is 0 Å². The minimum Gasteiger partial charge on any atom is -0.356 e. The highest BCUT2D eigenvalue weighted by Crippen LogP contribution is 2.47. The van der Waals surface area contributed by atoms with Gasteiger partial charge in [-0.05, 0) is 31.6 Å². The van der Waals surface area contributed by atoms with Gasteiger partial charge < -0.3 is 10.1 Å². The van der Waals surface area contributed by atoms with E-state index in [9.17, 15) is 9.59 Å². The van der Waals surface area contributed by atoms with Gasteiger partial charge in [-0.2, -0.15) is 0 Å². The summed E-state index contributed by atoms with van der Waals surface area (Å²) in [4.78, 5) is 21.9. The van der Waals surface area contributed by atoms with Crippen LogP contribution >= 0.6 is 0 Å². The Hall–Kier alpha value is -0.860. The summed E-state index contributed by atoms with van der Waals surface area (Å²) in [6.45, 7) is 4.47. The second-order valence-electron chi connectivity index (χ2n) is 4.33. The van der Waals surface area contributed by atoms with Crippen LogP contribution in [0.3, 0.4) is 0 Å². The lowest BCUT2D eigenvalue weighted by atomic mass is 10.0. The number of hydrogen-bond acceptors (Lipinski definition) is 2. The molecule has 3 heteroatoms. The van der Waals surface area contributed by atoms with E-state index in [1.807, 2.05) is 0 Å². The van der Waals surface area contributed by atoms with Crippen molar-refractivity contribution >= 4 is 11.7 Å². The molecule has 0 spiro atoms. The number of Topliss-reactive ketones (excluding diaryl/α,β-unsaturated/α-hetero) is 1. The van der Waals surface area contributed by atoms with Crippen LogP contribution in [0.25, 0.3) is 0 Å². The van der Waals surface area contributed by atoms with Crippen molar-refractivity contribution in [1.29, 1.82) is 0 Å². The average molecular weight is 197 g/mol. The van der Waals surface area contributed by atoms with E-state index in [2.05, 4.69) is 12.2 Å². The number of hydrogen-bond donors (Lipinski definition) is 1. The van der Waals surface area contributed by atoms with Gasteiger partial charge >= 0.3 is 0 Å². The molecule has 0 saturated heterocycles. The van der Waals surface area contributed by atoms with Crippen LogP contribution in [0.4, 0.5) is 0 Å². The van der Waals surface area contributed by atoms with Crippen molar-refractivity contribution in [1.82, 2.24) is 5.32 Å². The van der Waals surface area contributed by atoms with Crippen molar-refractivity contribution in [2.24, 2.45) is 5.41 Å². The van der Waals surface area contributed by atoms with E-state index in [-0.39, 0.29) is 11.7 Å². The highest BCUT2D eigenvalue weighted by molar-refractivity contribution is 5.83. The average Bonchev–Trinajstić information content (AvgIpc) is 2.92. The molecular weight excluding hydrogens is 178 g/mol. The fraction of sp³-hybridized carbons (Fsp3) is 0.818. The molecule has 1 saturated carbocycles. The normalized spacial score (nSPS) is 17.6. The Morgan fingerprint density at radius 3 is 2.36 bits per heavy atom. The van der Waals surface area contributed by atoms with Gasteiger partial charge in [-0.25, -0.2) is 0 Å².